The summed E-state index contributed by atoms with van der Waals surface area (Å²) < 4.78 is 0. The van der Waals surface area contributed by atoms with Crippen LogP contribution in [0.25, 0.3) is 0 Å². The van der Waals surface area contributed by atoms with Crippen LogP contribution in [0.1, 0.15) is 39.5 Å². The maximum atomic E-state index is 9.87. The predicted molar refractivity (Wildman–Crippen MR) is 63.9 cm³/mol. The summed E-state index contributed by atoms with van der Waals surface area (Å²) in [6.45, 7) is 4.66. The maximum absolute atomic E-state index is 9.87. The van der Waals surface area contributed by atoms with Crippen molar-refractivity contribution < 1.29 is 5.11 Å². The number of hydrogen-bond acceptors (Lipinski definition) is 3. The van der Waals surface area contributed by atoms with Crippen LogP contribution >= 0.6 is 11.8 Å². The second-order valence-corrected chi connectivity index (χ2v) is 5.62. The average Bonchev–Trinajstić information content (AvgIpc) is 2.62. The van der Waals surface area contributed by atoms with Crippen LogP contribution in [0.4, 0.5) is 0 Å². The lowest BCUT2D eigenvalue weighted by molar-refractivity contribution is 0.0532. The third-order valence-electron chi connectivity index (χ3n) is 3.26. The molecule has 0 saturated heterocycles. The molecule has 3 atom stereocenters. The van der Waals surface area contributed by atoms with E-state index in [1.807, 2.05) is 25.6 Å². The van der Waals surface area contributed by atoms with Gasteiger partial charge < -0.3 is 10.4 Å². The molecule has 2 N–H and O–H groups in total. The molecule has 2 nitrogen and oxygen atoms in total. The SMILES string of the molecule is CCC(C)(O)CNC1CCCC1SC. The predicted octanol–water partition coefficient (Wildman–Crippen LogP) is 2.02. The fourth-order valence-electron chi connectivity index (χ4n) is 1.92. The van der Waals surface area contributed by atoms with Crippen LogP contribution in [0.2, 0.25) is 0 Å². The Labute approximate surface area is 91.9 Å². The van der Waals surface area contributed by atoms with Gasteiger partial charge in [0.2, 0.25) is 0 Å². The Balaban J connectivity index is 2.30. The van der Waals surface area contributed by atoms with Gasteiger partial charge in [0.25, 0.3) is 0 Å². The summed E-state index contributed by atoms with van der Waals surface area (Å²) in [5.74, 6) is 0. The first kappa shape index (κ1) is 12.3. The fourth-order valence-corrected chi connectivity index (χ4v) is 2.88. The van der Waals surface area contributed by atoms with E-state index in [1.165, 1.54) is 19.3 Å². The number of aliphatic hydroxyl groups is 1. The molecule has 0 bridgehead atoms. The van der Waals surface area contributed by atoms with E-state index in [4.69, 9.17) is 0 Å². The van der Waals surface area contributed by atoms with Crippen LogP contribution in [-0.4, -0.2) is 34.8 Å². The van der Waals surface area contributed by atoms with Crippen molar-refractivity contribution in [3.63, 3.8) is 0 Å². The second kappa shape index (κ2) is 5.38. The summed E-state index contributed by atoms with van der Waals surface area (Å²) in [6.07, 6.45) is 6.93. The molecule has 1 aliphatic carbocycles. The van der Waals surface area contributed by atoms with Crippen molar-refractivity contribution in [3.8, 4) is 0 Å². The molecular formula is C11H23NOS. The molecular weight excluding hydrogens is 194 g/mol. The van der Waals surface area contributed by atoms with Crippen molar-refractivity contribution in [2.24, 2.45) is 0 Å². The van der Waals surface area contributed by atoms with Crippen molar-refractivity contribution in [3.05, 3.63) is 0 Å². The van der Waals surface area contributed by atoms with Crippen molar-refractivity contribution in [1.29, 1.82) is 0 Å². The van der Waals surface area contributed by atoms with E-state index in [9.17, 15) is 5.11 Å². The van der Waals surface area contributed by atoms with Gasteiger partial charge in [-0.05, 0) is 32.4 Å². The lowest BCUT2D eigenvalue weighted by Crippen LogP contribution is -2.44. The highest BCUT2D eigenvalue weighted by Crippen LogP contribution is 2.28. The van der Waals surface area contributed by atoms with Gasteiger partial charge in [0.05, 0.1) is 5.60 Å². The Hall–Kier alpha value is 0.270. The molecule has 0 aromatic rings. The summed E-state index contributed by atoms with van der Waals surface area (Å²) in [5, 5.41) is 14.1. The van der Waals surface area contributed by atoms with Crippen LogP contribution in [-0.2, 0) is 0 Å². The summed E-state index contributed by atoms with van der Waals surface area (Å²) in [6, 6.07) is 0.614. The van der Waals surface area contributed by atoms with Gasteiger partial charge in [0.15, 0.2) is 0 Å². The quantitative estimate of drug-likeness (QED) is 0.739. The highest BCUT2D eigenvalue weighted by atomic mass is 32.2. The molecule has 0 amide bonds. The minimum Gasteiger partial charge on any atom is -0.389 e. The van der Waals surface area contributed by atoms with Crippen LogP contribution < -0.4 is 5.32 Å². The zero-order valence-corrected chi connectivity index (χ0v) is 10.4. The summed E-state index contributed by atoms with van der Waals surface area (Å²) in [7, 11) is 0. The van der Waals surface area contributed by atoms with Crippen LogP contribution in [0.5, 0.6) is 0 Å². The Morgan fingerprint density at radius 3 is 2.79 bits per heavy atom. The Kier molecular flexibility index (Phi) is 4.74. The van der Waals surface area contributed by atoms with Gasteiger partial charge in [-0.3, -0.25) is 0 Å². The molecule has 14 heavy (non-hydrogen) atoms. The molecule has 3 unspecified atom stereocenters. The van der Waals surface area contributed by atoms with Crippen LogP contribution in [0, 0.1) is 0 Å². The first-order valence-electron chi connectivity index (χ1n) is 5.57. The Morgan fingerprint density at radius 1 is 1.50 bits per heavy atom. The highest BCUT2D eigenvalue weighted by molar-refractivity contribution is 7.99. The lowest BCUT2D eigenvalue weighted by Gasteiger charge is -2.26. The monoisotopic (exact) mass is 217 g/mol. The molecule has 0 aromatic carbocycles. The molecule has 0 radical (unpaired) electrons. The van der Waals surface area contributed by atoms with Gasteiger partial charge >= 0.3 is 0 Å². The minimum atomic E-state index is -0.536. The van der Waals surface area contributed by atoms with E-state index >= 15 is 0 Å². The molecule has 1 saturated carbocycles. The fraction of sp³-hybridized carbons (Fsp3) is 1.00. The number of thioether (sulfide) groups is 1. The van der Waals surface area contributed by atoms with Crippen LogP contribution in [0.15, 0.2) is 0 Å². The first-order valence-corrected chi connectivity index (χ1v) is 6.86. The van der Waals surface area contributed by atoms with Crippen molar-refractivity contribution in [2.75, 3.05) is 12.8 Å². The van der Waals surface area contributed by atoms with Crippen molar-refractivity contribution >= 4 is 11.8 Å². The number of rotatable bonds is 5. The first-order chi connectivity index (χ1) is 6.59. The third-order valence-corrected chi connectivity index (χ3v) is 4.43. The molecule has 1 fully saturated rings. The number of hydrogen-bond donors (Lipinski definition) is 2. The smallest absolute Gasteiger partial charge is 0.0741 e. The normalized spacial score (nSPS) is 31.7. The van der Waals surface area contributed by atoms with E-state index in [0.717, 1.165) is 18.2 Å². The zero-order valence-electron chi connectivity index (χ0n) is 9.55. The molecule has 3 heteroatoms. The Morgan fingerprint density at radius 2 is 2.21 bits per heavy atom. The molecule has 84 valence electrons. The van der Waals surface area contributed by atoms with Gasteiger partial charge in [-0.25, -0.2) is 0 Å². The molecule has 0 aromatic heterocycles. The molecule has 0 heterocycles. The molecule has 1 rings (SSSR count). The van der Waals surface area contributed by atoms with E-state index in [1.54, 1.807) is 0 Å². The van der Waals surface area contributed by atoms with Crippen molar-refractivity contribution in [2.45, 2.75) is 56.4 Å². The third kappa shape index (κ3) is 3.44. The van der Waals surface area contributed by atoms with Gasteiger partial charge in [0, 0.05) is 17.8 Å². The molecule has 1 aliphatic rings. The topological polar surface area (TPSA) is 32.3 Å². The second-order valence-electron chi connectivity index (χ2n) is 4.54. The summed E-state index contributed by atoms with van der Waals surface area (Å²) in [5.41, 5.74) is -0.536. The minimum absolute atomic E-state index is 0.536. The number of nitrogens with one attached hydrogen (secondary N) is 1. The molecule has 0 spiro atoms. The summed E-state index contributed by atoms with van der Waals surface area (Å²) >= 11 is 1.95. The summed E-state index contributed by atoms with van der Waals surface area (Å²) in [4.78, 5) is 0. The largest absolute Gasteiger partial charge is 0.389 e. The highest BCUT2D eigenvalue weighted by Gasteiger charge is 2.28. The maximum Gasteiger partial charge on any atom is 0.0741 e. The van der Waals surface area contributed by atoms with Gasteiger partial charge in [-0.2, -0.15) is 11.8 Å². The molecule has 0 aliphatic heterocycles. The van der Waals surface area contributed by atoms with Gasteiger partial charge in [-0.1, -0.05) is 13.3 Å². The van der Waals surface area contributed by atoms with Crippen molar-refractivity contribution in [1.82, 2.24) is 5.32 Å². The van der Waals surface area contributed by atoms with E-state index in [0.29, 0.717) is 6.04 Å². The van der Waals surface area contributed by atoms with Crippen LogP contribution in [0.3, 0.4) is 0 Å². The van der Waals surface area contributed by atoms with E-state index < -0.39 is 5.60 Å². The zero-order chi connectivity index (χ0) is 10.6. The average molecular weight is 217 g/mol. The standard InChI is InChI=1S/C11H23NOS/c1-4-11(2,13)8-12-9-6-5-7-10(9)14-3/h9-10,12-13H,4-8H2,1-3H3. The van der Waals surface area contributed by atoms with Gasteiger partial charge in [0.1, 0.15) is 0 Å². The Bertz CT molecular complexity index is 173. The van der Waals surface area contributed by atoms with E-state index in [-0.39, 0.29) is 0 Å². The van der Waals surface area contributed by atoms with E-state index in [2.05, 4.69) is 11.6 Å². The lowest BCUT2D eigenvalue weighted by atomic mass is 10.0. The van der Waals surface area contributed by atoms with Gasteiger partial charge in [-0.15, -0.1) is 0 Å².